The van der Waals surface area contributed by atoms with Gasteiger partial charge in [0, 0.05) is 42.1 Å². The van der Waals surface area contributed by atoms with Crippen molar-refractivity contribution in [1.29, 1.82) is 0 Å². The van der Waals surface area contributed by atoms with Crippen LogP contribution in [0.15, 0.2) is 66.0 Å². The van der Waals surface area contributed by atoms with Crippen molar-refractivity contribution < 1.29 is 13.9 Å². The average Bonchev–Trinajstić information content (AvgIpc) is 3.62. The summed E-state index contributed by atoms with van der Waals surface area (Å²) in [7, 11) is 0. The molecule has 2 N–H and O–H groups in total. The second-order valence-corrected chi connectivity index (χ2v) is 9.61. The van der Waals surface area contributed by atoms with Gasteiger partial charge in [0.15, 0.2) is 0 Å². The first-order valence-electron chi connectivity index (χ1n) is 13.1. The zero-order valence-corrected chi connectivity index (χ0v) is 21.2. The van der Waals surface area contributed by atoms with E-state index in [2.05, 4.69) is 32.1 Å². The Kier molecular flexibility index (Phi) is 6.75. The number of anilines is 3. The van der Waals surface area contributed by atoms with Crippen LogP contribution in [-0.2, 0) is 9.53 Å². The lowest BCUT2D eigenvalue weighted by Crippen LogP contribution is -2.36. The summed E-state index contributed by atoms with van der Waals surface area (Å²) in [4.78, 5) is 28.1. The van der Waals surface area contributed by atoms with Crippen molar-refractivity contribution >= 4 is 34.3 Å². The van der Waals surface area contributed by atoms with Crippen LogP contribution in [0.4, 0.5) is 17.3 Å². The molecule has 0 atom stereocenters. The summed E-state index contributed by atoms with van der Waals surface area (Å²) in [6, 6.07) is 12.1. The molecule has 38 heavy (non-hydrogen) atoms. The lowest BCUT2D eigenvalue weighted by Gasteiger charge is -2.27. The van der Waals surface area contributed by atoms with E-state index in [1.807, 2.05) is 42.6 Å². The number of pyridine rings is 1. The molecule has 0 spiro atoms. The maximum Gasteiger partial charge on any atom is 0.247 e. The van der Waals surface area contributed by atoms with Gasteiger partial charge in [-0.15, -0.1) is 0 Å². The molecular formula is C29H30N6O3. The molecule has 1 saturated carbocycles. The molecule has 3 aromatic heterocycles. The molecule has 9 nitrogen and oxygen atoms in total. The molecule has 2 aliphatic rings. The third-order valence-corrected chi connectivity index (χ3v) is 7.13. The van der Waals surface area contributed by atoms with Gasteiger partial charge in [-0.05, 0) is 48.7 Å². The maximum absolute atomic E-state index is 12.0. The van der Waals surface area contributed by atoms with Crippen LogP contribution in [0.2, 0.25) is 0 Å². The number of carbonyl (C=O) groups excluding carboxylic acids is 1. The number of hydrogen-bond donors (Lipinski definition) is 2. The summed E-state index contributed by atoms with van der Waals surface area (Å²) in [5.74, 6) is 2.05. The van der Waals surface area contributed by atoms with E-state index in [9.17, 15) is 4.79 Å². The van der Waals surface area contributed by atoms with Crippen LogP contribution in [0.1, 0.15) is 25.7 Å². The molecule has 1 amide bonds. The molecule has 1 aliphatic heterocycles. The smallest absolute Gasteiger partial charge is 0.247 e. The number of benzene rings is 1. The molecular weight excluding hydrogens is 480 g/mol. The van der Waals surface area contributed by atoms with Crippen LogP contribution >= 0.6 is 0 Å². The highest BCUT2D eigenvalue weighted by Crippen LogP contribution is 2.43. The molecule has 1 aromatic carbocycles. The first-order valence-corrected chi connectivity index (χ1v) is 13.1. The number of morpholine rings is 1. The number of ether oxygens (including phenoxy) is 1. The molecule has 1 saturated heterocycles. The maximum atomic E-state index is 12.0. The second kappa shape index (κ2) is 10.6. The van der Waals surface area contributed by atoms with E-state index in [0.717, 1.165) is 59.6 Å². The van der Waals surface area contributed by atoms with Crippen molar-refractivity contribution in [2.75, 3.05) is 41.8 Å². The quantitative estimate of drug-likeness (QED) is 0.324. The normalized spacial score (nSPS) is 16.1. The third kappa shape index (κ3) is 4.84. The van der Waals surface area contributed by atoms with Gasteiger partial charge in [0.25, 0.3) is 0 Å². The summed E-state index contributed by atoms with van der Waals surface area (Å²) in [6.45, 7) is 6.59. The first-order chi connectivity index (χ1) is 18.7. The van der Waals surface area contributed by atoms with E-state index >= 15 is 0 Å². The topological polar surface area (TPSA) is 105 Å². The van der Waals surface area contributed by atoms with Crippen LogP contribution in [0.3, 0.4) is 0 Å². The highest BCUT2D eigenvalue weighted by Gasteiger charge is 2.25. The Morgan fingerprint density at radius 3 is 2.66 bits per heavy atom. The van der Waals surface area contributed by atoms with Gasteiger partial charge in [-0.1, -0.05) is 31.6 Å². The average molecular weight is 511 g/mol. The second-order valence-electron chi connectivity index (χ2n) is 9.61. The monoisotopic (exact) mass is 510 g/mol. The summed E-state index contributed by atoms with van der Waals surface area (Å²) in [5.41, 5.74) is 3.74. The highest BCUT2D eigenvalue weighted by atomic mass is 16.5. The van der Waals surface area contributed by atoms with Crippen molar-refractivity contribution in [2.45, 2.75) is 31.7 Å². The van der Waals surface area contributed by atoms with Gasteiger partial charge in [0.2, 0.25) is 11.6 Å². The predicted molar refractivity (Wildman–Crippen MR) is 148 cm³/mol. The molecule has 4 aromatic rings. The van der Waals surface area contributed by atoms with Crippen molar-refractivity contribution in [3.63, 3.8) is 0 Å². The lowest BCUT2D eigenvalue weighted by molar-refractivity contribution is -0.111. The Bertz CT molecular complexity index is 1450. The van der Waals surface area contributed by atoms with E-state index in [1.54, 1.807) is 0 Å². The van der Waals surface area contributed by atoms with Gasteiger partial charge >= 0.3 is 0 Å². The van der Waals surface area contributed by atoms with E-state index in [-0.39, 0.29) is 5.91 Å². The Hall–Kier alpha value is -4.24. The van der Waals surface area contributed by atoms with E-state index in [4.69, 9.17) is 14.1 Å². The number of nitrogens with zero attached hydrogens (tertiary/aromatic N) is 4. The highest BCUT2D eigenvalue weighted by molar-refractivity contribution is 6.07. The zero-order chi connectivity index (χ0) is 25.9. The van der Waals surface area contributed by atoms with Gasteiger partial charge in [-0.25, -0.2) is 15.0 Å². The van der Waals surface area contributed by atoms with Gasteiger partial charge in [0.05, 0.1) is 18.6 Å². The van der Waals surface area contributed by atoms with Crippen LogP contribution in [0, 0.1) is 0 Å². The Morgan fingerprint density at radius 2 is 1.89 bits per heavy atom. The Morgan fingerprint density at radius 1 is 1.05 bits per heavy atom. The van der Waals surface area contributed by atoms with E-state index in [0.29, 0.717) is 36.4 Å². The minimum atomic E-state index is -0.269. The largest absolute Gasteiger partial charge is 0.437 e. The molecule has 9 heteroatoms. The van der Waals surface area contributed by atoms with Crippen molar-refractivity contribution in [2.24, 2.45) is 0 Å². The molecule has 0 bridgehead atoms. The summed E-state index contributed by atoms with van der Waals surface area (Å²) in [6.07, 6.45) is 9.28. The van der Waals surface area contributed by atoms with Crippen LogP contribution < -0.4 is 15.5 Å². The number of rotatable bonds is 7. The third-order valence-electron chi connectivity index (χ3n) is 7.13. The van der Waals surface area contributed by atoms with Crippen LogP contribution in [-0.4, -0.2) is 53.2 Å². The Balaban J connectivity index is 1.47. The van der Waals surface area contributed by atoms with Gasteiger partial charge in [-0.2, -0.15) is 0 Å². The van der Waals surface area contributed by atoms with Crippen LogP contribution in [0.5, 0.6) is 0 Å². The lowest BCUT2D eigenvalue weighted by atomic mass is 9.99. The number of aromatic nitrogens is 3. The fourth-order valence-electron chi connectivity index (χ4n) is 5.23. The standard InChI is InChI=1S/C29H30N6O3/c1-2-24(36)33-22-9-5-6-19(16-22)25-26-28(34-21-7-3-4-8-21)31-18-32-29(26)38-27(25)20-10-11-23(30-17-20)35-12-14-37-15-13-35/h2,5-6,9-11,16-18,21H,1,3-4,7-8,12-15H2,(H,33,36)(H,31,32,34). The minimum Gasteiger partial charge on any atom is -0.437 e. The van der Waals surface area contributed by atoms with E-state index in [1.165, 1.54) is 25.2 Å². The molecule has 0 unspecified atom stereocenters. The fourth-order valence-corrected chi connectivity index (χ4v) is 5.23. The number of nitrogens with one attached hydrogen (secondary N) is 2. The summed E-state index contributed by atoms with van der Waals surface area (Å²) >= 11 is 0. The zero-order valence-electron chi connectivity index (χ0n) is 21.2. The summed E-state index contributed by atoms with van der Waals surface area (Å²) < 4.78 is 11.9. The molecule has 4 heterocycles. The molecule has 1 aliphatic carbocycles. The molecule has 0 radical (unpaired) electrons. The number of carbonyl (C=O) groups is 1. The fraction of sp³-hybridized carbons (Fsp3) is 0.310. The predicted octanol–water partition coefficient (Wildman–Crippen LogP) is 5.27. The molecule has 2 fully saturated rings. The van der Waals surface area contributed by atoms with Gasteiger partial charge in [0.1, 0.15) is 23.7 Å². The number of furan rings is 1. The van der Waals surface area contributed by atoms with Gasteiger partial charge in [-0.3, -0.25) is 4.79 Å². The first kappa shape index (κ1) is 24.1. The number of amides is 1. The van der Waals surface area contributed by atoms with Crippen molar-refractivity contribution in [3.8, 4) is 22.5 Å². The number of fused-ring (bicyclic) bond motifs is 1. The van der Waals surface area contributed by atoms with Gasteiger partial charge < -0.3 is 24.7 Å². The van der Waals surface area contributed by atoms with E-state index < -0.39 is 0 Å². The number of hydrogen-bond acceptors (Lipinski definition) is 8. The van der Waals surface area contributed by atoms with Crippen molar-refractivity contribution in [3.05, 3.63) is 61.6 Å². The Labute approximate surface area is 220 Å². The summed E-state index contributed by atoms with van der Waals surface area (Å²) in [5, 5.41) is 7.31. The molecule has 194 valence electrons. The van der Waals surface area contributed by atoms with Crippen LogP contribution in [0.25, 0.3) is 33.6 Å². The minimum absolute atomic E-state index is 0.269. The SMILES string of the molecule is C=CC(=O)Nc1cccc(-c2c(-c3ccc(N4CCOCC4)nc3)oc3ncnc(NC4CCCC4)c23)c1. The molecule has 6 rings (SSSR count). The van der Waals surface area contributed by atoms with Crippen molar-refractivity contribution in [1.82, 2.24) is 15.0 Å².